The molecule has 5 unspecified atom stereocenters. The molecule has 0 spiro atoms. The van der Waals surface area contributed by atoms with Crippen molar-refractivity contribution in [2.75, 3.05) is 20.6 Å². The number of ether oxygens (including phenoxy) is 1. The number of allylic oxidation sites excluding steroid dienone is 5. The molecule has 24 heavy (non-hydrogen) atoms. The number of hydrogen-bond donors (Lipinski definition) is 0. The summed E-state index contributed by atoms with van der Waals surface area (Å²) in [6.45, 7) is 0.381. The van der Waals surface area contributed by atoms with E-state index in [1.165, 1.54) is 25.7 Å². The summed E-state index contributed by atoms with van der Waals surface area (Å²) >= 11 is 0. The lowest BCUT2D eigenvalue weighted by Crippen LogP contribution is -2.39. The molecule has 3 nitrogen and oxygen atoms in total. The number of esters is 1. The molecule has 0 aromatic carbocycles. The Kier molecular flexibility index (Phi) is 4.38. The molecule has 2 fully saturated rings. The van der Waals surface area contributed by atoms with E-state index in [-0.39, 0.29) is 12.1 Å². The third-order valence-corrected chi connectivity index (χ3v) is 6.45. The zero-order valence-corrected chi connectivity index (χ0v) is 14.9. The Labute approximate surface area is 145 Å². The second-order valence-electron chi connectivity index (χ2n) is 8.26. The van der Waals surface area contributed by atoms with Crippen LogP contribution in [0.5, 0.6) is 0 Å². The Morgan fingerprint density at radius 2 is 2.08 bits per heavy atom. The van der Waals surface area contributed by atoms with Crippen LogP contribution in [0, 0.1) is 23.7 Å². The second kappa shape index (κ2) is 6.51. The monoisotopic (exact) mass is 327 g/mol. The first kappa shape index (κ1) is 16.1. The van der Waals surface area contributed by atoms with Crippen LogP contribution in [0.15, 0.2) is 35.5 Å². The van der Waals surface area contributed by atoms with E-state index < -0.39 is 0 Å². The maximum absolute atomic E-state index is 11.9. The molecule has 4 aliphatic rings. The van der Waals surface area contributed by atoms with Crippen LogP contribution >= 0.6 is 0 Å². The van der Waals surface area contributed by atoms with Crippen molar-refractivity contribution in [1.82, 2.24) is 4.90 Å². The van der Waals surface area contributed by atoms with E-state index in [9.17, 15) is 4.79 Å². The predicted octanol–water partition coefficient (Wildman–Crippen LogP) is 3.73. The normalized spacial score (nSPS) is 37.2. The fraction of sp³-hybridized carbons (Fsp3) is 0.667. The van der Waals surface area contributed by atoms with E-state index in [1.54, 1.807) is 11.1 Å². The molecule has 4 aliphatic carbocycles. The molecule has 3 heteroatoms. The highest BCUT2D eigenvalue weighted by Gasteiger charge is 2.43. The van der Waals surface area contributed by atoms with Gasteiger partial charge in [0.1, 0.15) is 6.10 Å². The van der Waals surface area contributed by atoms with Crippen LogP contribution in [0.1, 0.15) is 38.5 Å². The van der Waals surface area contributed by atoms with Gasteiger partial charge in [0.15, 0.2) is 0 Å². The largest absolute Gasteiger partial charge is 0.461 e. The van der Waals surface area contributed by atoms with Crippen molar-refractivity contribution >= 4 is 5.97 Å². The van der Waals surface area contributed by atoms with Gasteiger partial charge in [-0.3, -0.25) is 9.69 Å². The van der Waals surface area contributed by atoms with Crippen molar-refractivity contribution in [2.24, 2.45) is 23.7 Å². The highest BCUT2D eigenvalue weighted by molar-refractivity contribution is 5.71. The number of hydrogen-bond acceptors (Lipinski definition) is 3. The average molecular weight is 327 g/mol. The SMILES string of the molecule is CN(C)CC(=O)OC1CCC2C(=CCC3C4=CC=CC4CCC23)C1. The van der Waals surface area contributed by atoms with Crippen molar-refractivity contribution in [3.8, 4) is 0 Å². The molecule has 0 aliphatic heterocycles. The van der Waals surface area contributed by atoms with Gasteiger partial charge in [0.05, 0.1) is 6.54 Å². The van der Waals surface area contributed by atoms with Gasteiger partial charge >= 0.3 is 5.97 Å². The van der Waals surface area contributed by atoms with Crippen LogP contribution in [0.4, 0.5) is 0 Å². The number of carbonyl (C=O) groups excluding carboxylic acids is 1. The van der Waals surface area contributed by atoms with Crippen molar-refractivity contribution < 1.29 is 9.53 Å². The zero-order valence-electron chi connectivity index (χ0n) is 14.9. The summed E-state index contributed by atoms with van der Waals surface area (Å²) in [7, 11) is 3.82. The molecule has 0 aromatic heterocycles. The number of likely N-dealkylation sites (N-methyl/N-ethyl adjacent to an activating group) is 1. The first-order chi connectivity index (χ1) is 11.6. The molecule has 0 radical (unpaired) electrons. The van der Waals surface area contributed by atoms with E-state index in [2.05, 4.69) is 24.3 Å². The number of fused-ring (bicyclic) bond motifs is 5. The summed E-state index contributed by atoms with van der Waals surface area (Å²) in [6, 6.07) is 0. The minimum Gasteiger partial charge on any atom is -0.461 e. The molecule has 5 atom stereocenters. The van der Waals surface area contributed by atoms with Gasteiger partial charge in [-0.15, -0.1) is 0 Å². The molecule has 0 aromatic rings. The van der Waals surface area contributed by atoms with Gasteiger partial charge in [0, 0.05) is 6.42 Å². The van der Waals surface area contributed by atoms with Gasteiger partial charge in [0.25, 0.3) is 0 Å². The first-order valence-electron chi connectivity index (χ1n) is 9.53. The Bertz CT molecular complexity index is 601. The van der Waals surface area contributed by atoms with Gasteiger partial charge < -0.3 is 4.74 Å². The summed E-state index contributed by atoms with van der Waals surface area (Å²) in [5, 5.41) is 0. The topological polar surface area (TPSA) is 29.5 Å². The second-order valence-corrected chi connectivity index (χ2v) is 8.26. The summed E-state index contributed by atoms with van der Waals surface area (Å²) in [5.41, 5.74) is 3.27. The van der Waals surface area contributed by atoms with Crippen molar-refractivity contribution in [3.63, 3.8) is 0 Å². The molecule has 0 heterocycles. The maximum atomic E-state index is 11.9. The van der Waals surface area contributed by atoms with Crippen LogP contribution in [-0.2, 0) is 9.53 Å². The maximum Gasteiger partial charge on any atom is 0.320 e. The van der Waals surface area contributed by atoms with Crippen LogP contribution in [-0.4, -0.2) is 37.6 Å². The van der Waals surface area contributed by atoms with E-state index in [0.29, 0.717) is 6.54 Å². The highest BCUT2D eigenvalue weighted by Crippen LogP contribution is 2.53. The van der Waals surface area contributed by atoms with Crippen LogP contribution < -0.4 is 0 Å². The number of carbonyl (C=O) groups is 1. The fourth-order valence-electron chi connectivity index (χ4n) is 5.46. The fourth-order valence-corrected chi connectivity index (χ4v) is 5.46. The standard InChI is InChI=1S/C21H29NO2/c1-22(2)13-21(23)24-16-8-11-18-15(12-16)7-10-19-17-5-3-4-14(17)6-9-20(18)19/h3-5,7,14,16,18-20H,6,8-13H2,1-2H3. The molecule has 0 saturated heterocycles. The minimum atomic E-state index is -0.0829. The van der Waals surface area contributed by atoms with Gasteiger partial charge in [-0.25, -0.2) is 0 Å². The molecular weight excluding hydrogens is 298 g/mol. The lowest BCUT2D eigenvalue weighted by atomic mass is 9.59. The van der Waals surface area contributed by atoms with Crippen LogP contribution in [0.3, 0.4) is 0 Å². The summed E-state index contributed by atoms with van der Waals surface area (Å²) in [5.74, 6) is 2.96. The van der Waals surface area contributed by atoms with E-state index in [0.717, 1.165) is 36.5 Å². The Morgan fingerprint density at radius 3 is 2.92 bits per heavy atom. The number of nitrogens with zero attached hydrogens (tertiary/aromatic N) is 1. The van der Waals surface area contributed by atoms with Crippen molar-refractivity contribution in [1.29, 1.82) is 0 Å². The van der Waals surface area contributed by atoms with Crippen LogP contribution in [0.25, 0.3) is 0 Å². The highest BCUT2D eigenvalue weighted by atomic mass is 16.5. The van der Waals surface area contributed by atoms with Crippen molar-refractivity contribution in [2.45, 2.75) is 44.6 Å². The van der Waals surface area contributed by atoms with Gasteiger partial charge in [-0.2, -0.15) is 0 Å². The lowest BCUT2D eigenvalue weighted by Gasteiger charge is -2.47. The predicted molar refractivity (Wildman–Crippen MR) is 95.4 cm³/mol. The quantitative estimate of drug-likeness (QED) is 0.584. The minimum absolute atomic E-state index is 0.0829. The van der Waals surface area contributed by atoms with Crippen LogP contribution in [0.2, 0.25) is 0 Å². The molecule has 0 amide bonds. The summed E-state index contributed by atoms with van der Waals surface area (Å²) in [6.07, 6.45) is 16.7. The third kappa shape index (κ3) is 2.99. The Hall–Kier alpha value is -1.35. The zero-order chi connectivity index (χ0) is 16.7. The number of rotatable bonds is 3. The molecule has 4 rings (SSSR count). The Balaban J connectivity index is 1.42. The summed E-state index contributed by atoms with van der Waals surface area (Å²) < 4.78 is 5.71. The third-order valence-electron chi connectivity index (χ3n) is 6.45. The van der Waals surface area contributed by atoms with E-state index >= 15 is 0 Å². The summed E-state index contributed by atoms with van der Waals surface area (Å²) in [4.78, 5) is 13.8. The van der Waals surface area contributed by atoms with E-state index in [4.69, 9.17) is 4.74 Å². The van der Waals surface area contributed by atoms with Gasteiger partial charge in [-0.05, 0) is 69.9 Å². The molecule has 2 saturated carbocycles. The molecule has 130 valence electrons. The smallest absolute Gasteiger partial charge is 0.320 e. The van der Waals surface area contributed by atoms with Gasteiger partial charge in [0.2, 0.25) is 0 Å². The lowest BCUT2D eigenvalue weighted by molar-refractivity contribution is -0.151. The van der Waals surface area contributed by atoms with E-state index in [1.807, 2.05) is 19.0 Å². The Morgan fingerprint density at radius 1 is 1.21 bits per heavy atom. The van der Waals surface area contributed by atoms with Crippen molar-refractivity contribution in [3.05, 3.63) is 35.5 Å². The van der Waals surface area contributed by atoms with Gasteiger partial charge in [-0.1, -0.05) is 35.5 Å². The molecular formula is C21H29NO2. The average Bonchev–Trinajstić information content (AvgIpc) is 3.02. The molecule has 0 N–H and O–H groups in total. The molecule has 0 bridgehead atoms. The first-order valence-corrected chi connectivity index (χ1v) is 9.53.